The van der Waals surface area contributed by atoms with Crippen molar-refractivity contribution in [2.45, 2.75) is 32.1 Å². The number of rotatable bonds is 6. The molecule has 1 aromatic rings. The Hall–Kier alpha value is -0.410. The van der Waals surface area contributed by atoms with Crippen LogP contribution in [0, 0.1) is 5.82 Å². The van der Waals surface area contributed by atoms with Crippen LogP contribution in [-0.2, 0) is 6.42 Å². The van der Waals surface area contributed by atoms with E-state index >= 15 is 0 Å². The third-order valence-electron chi connectivity index (χ3n) is 2.40. The highest BCUT2D eigenvalue weighted by molar-refractivity contribution is 9.10. The first-order valence-electron chi connectivity index (χ1n) is 5.38. The number of unbranched alkanes of at least 4 members (excludes halogenated alkanes) is 3. The van der Waals surface area contributed by atoms with E-state index in [-0.39, 0.29) is 5.82 Å². The highest BCUT2D eigenvalue weighted by Gasteiger charge is 2.00. The first-order chi connectivity index (χ1) is 7.24. The summed E-state index contributed by atoms with van der Waals surface area (Å²) < 4.78 is 13.5. The molecule has 84 valence electrons. The number of nitrogens with two attached hydrogens (primary N) is 1. The summed E-state index contributed by atoms with van der Waals surface area (Å²) in [5.74, 6) is -0.193. The van der Waals surface area contributed by atoms with Gasteiger partial charge in [-0.3, -0.25) is 0 Å². The van der Waals surface area contributed by atoms with Crippen molar-refractivity contribution < 1.29 is 4.39 Å². The van der Waals surface area contributed by atoms with Gasteiger partial charge in [-0.05, 0) is 59.4 Å². The van der Waals surface area contributed by atoms with Crippen molar-refractivity contribution in [2.75, 3.05) is 6.54 Å². The SMILES string of the molecule is NCCCCCCc1ccc(F)c(Br)c1. The summed E-state index contributed by atoms with van der Waals surface area (Å²) in [6.07, 6.45) is 5.67. The second-order valence-corrected chi connectivity index (χ2v) is 4.56. The van der Waals surface area contributed by atoms with Crippen molar-refractivity contribution in [3.63, 3.8) is 0 Å². The van der Waals surface area contributed by atoms with Crippen LogP contribution in [0.25, 0.3) is 0 Å². The van der Waals surface area contributed by atoms with E-state index in [0.717, 1.165) is 25.8 Å². The van der Waals surface area contributed by atoms with E-state index in [2.05, 4.69) is 15.9 Å². The van der Waals surface area contributed by atoms with Gasteiger partial charge >= 0.3 is 0 Å². The third kappa shape index (κ3) is 4.76. The summed E-state index contributed by atoms with van der Waals surface area (Å²) in [6.45, 7) is 0.780. The minimum Gasteiger partial charge on any atom is -0.330 e. The van der Waals surface area contributed by atoms with Gasteiger partial charge < -0.3 is 5.73 Å². The molecule has 0 atom stereocenters. The number of hydrogen-bond acceptors (Lipinski definition) is 1. The van der Waals surface area contributed by atoms with Gasteiger partial charge in [0.15, 0.2) is 0 Å². The molecule has 2 N–H and O–H groups in total. The molecule has 15 heavy (non-hydrogen) atoms. The maximum atomic E-state index is 12.9. The summed E-state index contributed by atoms with van der Waals surface area (Å²) in [7, 11) is 0. The second kappa shape index (κ2) is 6.96. The fraction of sp³-hybridized carbons (Fsp3) is 0.500. The summed E-state index contributed by atoms with van der Waals surface area (Å²) in [6, 6.07) is 5.22. The first-order valence-corrected chi connectivity index (χ1v) is 6.17. The molecule has 1 nitrogen and oxygen atoms in total. The summed E-state index contributed by atoms with van der Waals surface area (Å²) in [4.78, 5) is 0. The smallest absolute Gasteiger partial charge is 0.137 e. The summed E-state index contributed by atoms with van der Waals surface area (Å²) in [5, 5.41) is 0. The van der Waals surface area contributed by atoms with Crippen LogP contribution >= 0.6 is 15.9 Å². The van der Waals surface area contributed by atoms with Gasteiger partial charge in [0, 0.05) is 0 Å². The Balaban J connectivity index is 2.28. The summed E-state index contributed by atoms with van der Waals surface area (Å²) in [5.41, 5.74) is 6.60. The molecule has 1 aromatic carbocycles. The number of benzene rings is 1. The van der Waals surface area contributed by atoms with Gasteiger partial charge in [-0.1, -0.05) is 18.9 Å². The van der Waals surface area contributed by atoms with Gasteiger partial charge in [0.2, 0.25) is 0 Å². The molecule has 0 amide bonds. The monoisotopic (exact) mass is 273 g/mol. The molecule has 0 aromatic heterocycles. The van der Waals surface area contributed by atoms with Crippen LogP contribution in [0.2, 0.25) is 0 Å². The van der Waals surface area contributed by atoms with E-state index in [1.54, 1.807) is 0 Å². The van der Waals surface area contributed by atoms with E-state index in [1.165, 1.54) is 24.5 Å². The van der Waals surface area contributed by atoms with Crippen LogP contribution in [0.3, 0.4) is 0 Å². The van der Waals surface area contributed by atoms with Gasteiger partial charge in [-0.15, -0.1) is 0 Å². The molecule has 0 heterocycles. The zero-order valence-electron chi connectivity index (χ0n) is 8.81. The van der Waals surface area contributed by atoms with Crippen LogP contribution < -0.4 is 5.73 Å². The predicted octanol–water partition coefficient (Wildman–Crippen LogP) is 3.65. The lowest BCUT2D eigenvalue weighted by molar-refractivity contribution is 0.617. The molecule has 0 spiro atoms. The minimum absolute atomic E-state index is 0.193. The van der Waals surface area contributed by atoms with Crippen molar-refractivity contribution in [2.24, 2.45) is 5.73 Å². The molecule has 0 aliphatic rings. The first kappa shape index (κ1) is 12.7. The molecule has 0 unspecified atom stereocenters. The molecular formula is C12H17BrFN. The maximum absolute atomic E-state index is 12.9. The van der Waals surface area contributed by atoms with Crippen LogP contribution in [0.4, 0.5) is 4.39 Å². The Morgan fingerprint density at radius 3 is 2.53 bits per heavy atom. The lowest BCUT2D eigenvalue weighted by atomic mass is 10.1. The fourth-order valence-corrected chi connectivity index (χ4v) is 1.95. The molecule has 0 aliphatic carbocycles. The van der Waals surface area contributed by atoms with E-state index in [1.807, 2.05) is 12.1 Å². The standard InChI is InChI=1S/C12H17BrFN/c13-11-9-10(6-7-12(11)14)5-3-1-2-4-8-15/h6-7,9H,1-5,8,15H2. The topological polar surface area (TPSA) is 26.0 Å². The largest absolute Gasteiger partial charge is 0.330 e. The lowest BCUT2D eigenvalue weighted by Crippen LogP contribution is -1.97. The highest BCUT2D eigenvalue weighted by Crippen LogP contribution is 2.18. The number of aryl methyl sites for hydroxylation is 1. The zero-order valence-corrected chi connectivity index (χ0v) is 10.4. The lowest BCUT2D eigenvalue weighted by Gasteiger charge is -2.02. The van der Waals surface area contributed by atoms with Gasteiger partial charge in [-0.2, -0.15) is 0 Å². The van der Waals surface area contributed by atoms with Gasteiger partial charge in [-0.25, -0.2) is 4.39 Å². The maximum Gasteiger partial charge on any atom is 0.137 e. The summed E-state index contributed by atoms with van der Waals surface area (Å²) >= 11 is 3.19. The molecular weight excluding hydrogens is 257 g/mol. The Bertz CT molecular complexity index is 302. The molecule has 0 saturated heterocycles. The van der Waals surface area contributed by atoms with Crippen molar-refractivity contribution in [1.29, 1.82) is 0 Å². The second-order valence-electron chi connectivity index (χ2n) is 3.70. The third-order valence-corrected chi connectivity index (χ3v) is 3.01. The van der Waals surface area contributed by atoms with Gasteiger partial charge in [0.25, 0.3) is 0 Å². The van der Waals surface area contributed by atoms with E-state index in [4.69, 9.17) is 5.73 Å². The molecule has 0 bridgehead atoms. The highest BCUT2D eigenvalue weighted by atomic mass is 79.9. The molecule has 0 saturated carbocycles. The molecule has 0 radical (unpaired) electrons. The predicted molar refractivity (Wildman–Crippen MR) is 65.3 cm³/mol. The Morgan fingerprint density at radius 2 is 1.87 bits per heavy atom. The van der Waals surface area contributed by atoms with Crippen LogP contribution in [0.5, 0.6) is 0 Å². The van der Waals surface area contributed by atoms with E-state index in [9.17, 15) is 4.39 Å². The normalized spacial score (nSPS) is 10.6. The molecule has 0 aliphatic heterocycles. The zero-order chi connectivity index (χ0) is 11.1. The molecule has 3 heteroatoms. The minimum atomic E-state index is -0.193. The Kier molecular flexibility index (Phi) is 5.88. The van der Waals surface area contributed by atoms with Gasteiger partial charge in [0.05, 0.1) is 4.47 Å². The van der Waals surface area contributed by atoms with Crippen LogP contribution in [0.1, 0.15) is 31.2 Å². The van der Waals surface area contributed by atoms with Gasteiger partial charge in [0.1, 0.15) is 5.82 Å². The average Bonchev–Trinajstić information content (AvgIpc) is 2.23. The fourth-order valence-electron chi connectivity index (χ4n) is 1.52. The molecule has 1 rings (SSSR count). The van der Waals surface area contributed by atoms with Crippen LogP contribution in [-0.4, -0.2) is 6.54 Å². The van der Waals surface area contributed by atoms with E-state index in [0.29, 0.717) is 4.47 Å². The van der Waals surface area contributed by atoms with Crippen molar-refractivity contribution >= 4 is 15.9 Å². The Labute approximate surface area is 99.0 Å². The average molecular weight is 274 g/mol. The quantitative estimate of drug-likeness (QED) is 0.787. The van der Waals surface area contributed by atoms with E-state index < -0.39 is 0 Å². The van der Waals surface area contributed by atoms with Crippen molar-refractivity contribution in [3.8, 4) is 0 Å². The van der Waals surface area contributed by atoms with Crippen molar-refractivity contribution in [1.82, 2.24) is 0 Å². The molecule has 0 fully saturated rings. The van der Waals surface area contributed by atoms with Crippen LogP contribution in [0.15, 0.2) is 22.7 Å². The Morgan fingerprint density at radius 1 is 1.13 bits per heavy atom. The number of hydrogen-bond donors (Lipinski definition) is 1. The van der Waals surface area contributed by atoms with Crippen molar-refractivity contribution in [3.05, 3.63) is 34.1 Å². The number of halogens is 2.